The predicted molar refractivity (Wildman–Crippen MR) is 109 cm³/mol. The number of carbonyl (C=O) groups excluding carboxylic acids is 1. The Hall–Kier alpha value is -3.80. The summed E-state index contributed by atoms with van der Waals surface area (Å²) in [6, 6.07) is 20.5. The number of phenols is 1. The van der Waals surface area contributed by atoms with Crippen molar-refractivity contribution in [3.8, 4) is 17.2 Å². The molecule has 6 nitrogen and oxygen atoms in total. The summed E-state index contributed by atoms with van der Waals surface area (Å²) in [5, 5.41) is 10.1. The zero-order valence-electron chi connectivity index (χ0n) is 15.6. The maximum atomic E-state index is 13.1. The molecule has 28 heavy (non-hydrogen) atoms. The molecule has 0 unspecified atom stereocenters. The van der Waals surface area contributed by atoms with Gasteiger partial charge in [0.25, 0.3) is 5.91 Å². The summed E-state index contributed by atoms with van der Waals surface area (Å²) >= 11 is 0. The van der Waals surface area contributed by atoms with Crippen molar-refractivity contribution in [2.24, 2.45) is 4.99 Å². The van der Waals surface area contributed by atoms with Crippen LogP contribution >= 0.6 is 0 Å². The van der Waals surface area contributed by atoms with E-state index in [1.165, 1.54) is 17.3 Å². The molecule has 0 aliphatic rings. The largest absolute Gasteiger partial charge is 0.507 e. The Morgan fingerprint density at radius 1 is 0.893 bits per heavy atom. The highest BCUT2D eigenvalue weighted by Gasteiger charge is 2.19. The molecular formula is C22H20N2O4. The molecule has 0 radical (unpaired) electrons. The van der Waals surface area contributed by atoms with Crippen LogP contribution < -0.4 is 14.4 Å². The van der Waals surface area contributed by atoms with Gasteiger partial charge < -0.3 is 14.6 Å². The second kappa shape index (κ2) is 8.73. The molecule has 0 saturated carbocycles. The Labute approximate surface area is 163 Å². The van der Waals surface area contributed by atoms with E-state index in [9.17, 15) is 9.90 Å². The third-order valence-electron chi connectivity index (χ3n) is 4.10. The SMILES string of the molecule is COc1ccc(N=CN(C(=O)c2ccccc2O)c2ccc(OC)cc2)cc1. The number of hydrogen-bond donors (Lipinski definition) is 1. The molecule has 0 spiro atoms. The molecule has 3 aromatic carbocycles. The highest BCUT2D eigenvalue weighted by atomic mass is 16.5. The van der Waals surface area contributed by atoms with Gasteiger partial charge in [0.05, 0.1) is 31.2 Å². The van der Waals surface area contributed by atoms with Crippen LogP contribution in [0.5, 0.6) is 17.2 Å². The van der Waals surface area contributed by atoms with Crippen LogP contribution in [-0.2, 0) is 0 Å². The van der Waals surface area contributed by atoms with E-state index in [4.69, 9.17) is 9.47 Å². The van der Waals surface area contributed by atoms with E-state index in [2.05, 4.69) is 4.99 Å². The van der Waals surface area contributed by atoms with Crippen molar-refractivity contribution < 1.29 is 19.4 Å². The Balaban J connectivity index is 1.96. The average Bonchev–Trinajstić information content (AvgIpc) is 2.75. The van der Waals surface area contributed by atoms with Gasteiger partial charge in [-0.3, -0.25) is 9.69 Å². The zero-order valence-corrected chi connectivity index (χ0v) is 15.6. The first-order valence-electron chi connectivity index (χ1n) is 8.56. The summed E-state index contributed by atoms with van der Waals surface area (Å²) in [5.74, 6) is 0.895. The molecule has 0 aliphatic carbocycles. The van der Waals surface area contributed by atoms with Crippen LogP contribution in [-0.4, -0.2) is 31.6 Å². The normalized spacial score (nSPS) is 10.6. The van der Waals surface area contributed by atoms with E-state index in [1.807, 2.05) is 0 Å². The van der Waals surface area contributed by atoms with Gasteiger partial charge in [0.15, 0.2) is 0 Å². The lowest BCUT2D eigenvalue weighted by molar-refractivity contribution is 0.100. The van der Waals surface area contributed by atoms with Crippen LogP contribution in [0.4, 0.5) is 11.4 Å². The first-order valence-corrected chi connectivity index (χ1v) is 8.56. The number of carbonyl (C=O) groups is 1. The van der Waals surface area contributed by atoms with Crippen molar-refractivity contribution in [1.82, 2.24) is 0 Å². The summed E-state index contributed by atoms with van der Waals surface area (Å²) in [5.41, 5.74) is 1.43. The zero-order chi connectivity index (χ0) is 19.9. The molecule has 1 N–H and O–H groups in total. The molecule has 0 heterocycles. The van der Waals surface area contributed by atoms with Gasteiger partial charge in [-0.2, -0.15) is 0 Å². The molecule has 142 valence electrons. The van der Waals surface area contributed by atoms with Crippen molar-refractivity contribution >= 4 is 23.6 Å². The van der Waals surface area contributed by atoms with Gasteiger partial charge in [0, 0.05) is 0 Å². The lowest BCUT2D eigenvalue weighted by atomic mass is 10.1. The van der Waals surface area contributed by atoms with Gasteiger partial charge in [-0.15, -0.1) is 0 Å². The van der Waals surface area contributed by atoms with E-state index in [0.717, 1.165) is 5.75 Å². The van der Waals surface area contributed by atoms with Crippen molar-refractivity contribution in [2.75, 3.05) is 19.1 Å². The molecule has 6 heteroatoms. The number of benzene rings is 3. The number of phenolic OH excluding ortho intramolecular Hbond substituents is 1. The molecule has 0 aromatic heterocycles. The van der Waals surface area contributed by atoms with Gasteiger partial charge in [-0.1, -0.05) is 12.1 Å². The fraction of sp³-hybridized carbons (Fsp3) is 0.0909. The summed E-state index contributed by atoms with van der Waals surface area (Å²) < 4.78 is 10.3. The molecule has 0 saturated heterocycles. The fourth-order valence-electron chi connectivity index (χ4n) is 2.56. The molecule has 3 aromatic rings. The van der Waals surface area contributed by atoms with E-state index in [-0.39, 0.29) is 11.3 Å². The topological polar surface area (TPSA) is 71.4 Å². The Bertz CT molecular complexity index is 967. The number of aliphatic imine (C=N–C) groups is 1. The maximum Gasteiger partial charge on any atom is 0.267 e. The standard InChI is InChI=1S/C22H20N2O4/c1-27-18-11-7-16(8-12-18)23-15-24(17-9-13-19(28-2)14-10-17)22(26)20-5-3-4-6-21(20)25/h3-15,25H,1-2H3. The second-order valence-electron chi connectivity index (χ2n) is 5.83. The van der Waals surface area contributed by atoms with Crippen molar-refractivity contribution in [1.29, 1.82) is 0 Å². The van der Waals surface area contributed by atoms with E-state index in [1.54, 1.807) is 80.9 Å². The lowest BCUT2D eigenvalue weighted by Crippen LogP contribution is -2.29. The van der Waals surface area contributed by atoms with Gasteiger partial charge in [0.2, 0.25) is 0 Å². The van der Waals surface area contributed by atoms with E-state index >= 15 is 0 Å². The van der Waals surface area contributed by atoms with E-state index in [0.29, 0.717) is 17.1 Å². The van der Waals surface area contributed by atoms with Crippen LogP contribution in [0.25, 0.3) is 0 Å². The highest BCUT2D eigenvalue weighted by Crippen LogP contribution is 2.24. The number of anilines is 1. The Kier molecular flexibility index (Phi) is 5.91. The molecule has 0 aliphatic heterocycles. The van der Waals surface area contributed by atoms with Crippen LogP contribution in [0, 0.1) is 0 Å². The quantitative estimate of drug-likeness (QED) is 0.511. The minimum Gasteiger partial charge on any atom is -0.507 e. The number of methoxy groups -OCH3 is 2. The third-order valence-corrected chi connectivity index (χ3v) is 4.10. The summed E-state index contributed by atoms with van der Waals surface area (Å²) in [6.07, 6.45) is 1.43. The molecule has 0 atom stereocenters. The smallest absolute Gasteiger partial charge is 0.267 e. The van der Waals surface area contributed by atoms with Gasteiger partial charge in [0.1, 0.15) is 23.6 Å². The van der Waals surface area contributed by atoms with Crippen LogP contribution in [0.15, 0.2) is 77.8 Å². The van der Waals surface area contributed by atoms with Crippen molar-refractivity contribution in [3.05, 3.63) is 78.4 Å². The molecule has 0 bridgehead atoms. The van der Waals surface area contributed by atoms with Crippen LogP contribution in [0.1, 0.15) is 10.4 Å². The Morgan fingerprint density at radius 2 is 1.46 bits per heavy atom. The van der Waals surface area contributed by atoms with Crippen molar-refractivity contribution in [3.63, 3.8) is 0 Å². The number of para-hydroxylation sites is 1. The number of rotatable bonds is 6. The molecule has 3 rings (SSSR count). The monoisotopic (exact) mass is 376 g/mol. The number of ether oxygens (including phenoxy) is 2. The average molecular weight is 376 g/mol. The van der Waals surface area contributed by atoms with Gasteiger partial charge in [-0.05, 0) is 60.7 Å². The van der Waals surface area contributed by atoms with Gasteiger partial charge >= 0.3 is 0 Å². The summed E-state index contributed by atoms with van der Waals surface area (Å²) in [6.45, 7) is 0. The number of nitrogens with zero attached hydrogens (tertiary/aromatic N) is 2. The lowest BCUT2D eigenvalue weighted by Gasteiger charge is -2.19. The first kappa shape index (κ1) is 19.0. The molecular weight excluding hydrogens is 356 g/mol. The molecule has 1 amide bonds. The highest BCUT2D eigenvalue weighted by molar-refractivity contribution is 6.17. The Morgan fingerprint density at radius 3 is 2.04 bits per heavy atom. The van der Waals surface area contributed by atoms with Crippen LogP contribution in [0.3, 0.4) is 0 Å². The minimum atomic E-state index is -0.402. The predicted octanol–water partition coefficient (Wildman–Crippen LogP) is 4.42. The first-order chi connectivity index (χ1) is 13.6. The maximum absolute atomic E-state index is 13.1. The summed E-state index contributed by atoms with van der Waals surface area (Å²) in [7, 11) is 3.17. The fourth-order valence-corrected chi connectivity index (χ4v) is 2.56. The second-order valence-corrected chi connectivity index (χ2v) is 5.83. The minimum absolute atomic E-state index is 0.0936. The van der Waals surface area contributed by atoms with Crippen molar-refractivity contribution in [2.45, 2.75) is 0 Å². The van der Waals surface area contributed by atoms with E-state index < -0.39 is 5.91 Å². The molecule has 0 fully saturated rings. The number of hydrogen-bond acceptors (Lipinski definition) is 5. The number of aromatic hydroxyl groups is 1. The summed E-state index contributed by atoms with van der Waals surface area (Å²) in [4.78, 5) is 18.8. The van der Waals surface area contributed by atoms with Gasteiger partial charge in [-0.25, -0.2) is 4.99 Å². The van der Waals surface area contributed by atoms with Crippen LogP contribution in [0.2, 0.25) is 0 Å². The number of amides is 1. The third kappa shape index (κ3) is 4.29.